The van der Waals surface area contributed by atoms with Crippen molar-refractivity contribution in [1.29, 1.82) is 0 Å². The van der Waals surface area contributed by atoms with Gasteiger partial charge in [-0.25, -0.2) is 4.39 Å². The van der Waals surface area contributed by atoms with Gasteiger partial charge in [-0.3, -0.25) is 4.79 Å². The van der Waals surface area contributed by atoms with Gasteiger partial charge in [0.1, 0.15) is 11.4 Å². The molecule has 29 heavy (non-hydrogen) atoms. The molecule has 0 spiro atoms. The number of halogens is 3. The number of carbonyl (C=O) groups excluding carboxylic acids is 1. The van der Waals surface area contributed by atoms with Gasteiger partial charge in [-0.15, -0.1) is 0 Å². The lowest BCUT2D eigenvalue weighted by molar-refractivity contribution is 0.101. The fourth-order valence-electron chi connectivity index (χ4n) is 3.09. The summed E-state index contributed by atoms with van der Waals surface area (Å²) in [4.78, 5) is 13.1. The van der Waals surface area contributed by atoms with E-state index in [2.05, 4.69) is 5.32 Å². The molecule has 0 aliphatic carbocycles. The van der Waals surface area contributed by atoms with Crippen LogP contribution in [0.2, 0.25) is 10.0 Å². The summed E-state index contributed by atoms with van der Waals surface area (Å²) >= 11 is 12.2. The number of hydrogen-bond acceptors (Lipinski definition) is 3. The molecule has 6 heteroatoms. The number of aryl methyl sites for hydroxylation is 1. The van der Waals surface area contributed by atoms with Crippen LogP contribution in [0.4, 0.5) is 10.1 Å². The molecule has 0 saturated heterocycles. The number of nitrogens with one attached hydrogen (secondary N) is 1. The van der Waals surface area contributed by atoms with E-state index in [1.165, 1.54) is 6.07 Å². The predicted molar refractivity (Wildman–Crippen MR) is 115 cm³/mol. The fraction of sp³-hybridized carbons (Fsp3) is 0.0870. The summed E-state index contributed by atoms with van der Waals surface area (Å²) in [7, 11) is 0. The monoisotopic (exact) mass is 427 g/mol. The average Bonchev–Trinajstić information content (AvgIpc) is 3.07. The summed E-state index contributed by atoms with van der Waals surface area (Å²) in [5.74, 6) is -0.709. The predicted octanol–water partition coefficient (Wildman–Crippen LogP) is 7.03. The number of furan rings is 1. The maximum absolute atomic E-state index is 14.0. The first-order valence-corrected chi connectivity index (χ1v) is 9.70. The Kier molecular flexibility index (Phi) is 5.31. The summed E-state index contributed by atoms with van der Waals surface area (Å²) in [6.45, 7) is 2.01. The van der Waals surface area contributed by atoms with Crippen LogP contribution in [0, 0.1) is 12.7 Å². The molecule has 0 atom stereocenters. The highest BCUT2D eigenvalue weighted by molar-refractivity contribution is 6.35. The highest BCUT2D eigenvalue weighted by Crippen LogP contribution is 2.33. The standard InChI is InChI=1S/C23H16Cl2FNO2/c1-13-6-7-14(10-19(13)26)22(28)23-21(17-4-2-3-5-20(17)29-23)27-12-15-8-9-16(24)11-18(15)25/h2-11,27H,12H2,1H3. The molecule has 0 aliphatic heterocycles. The number of benzene rings is 3. The fourth-order valence-corrected chi connectivity index (χ4v) is 3.57. The minimum atomic E-state index is -0.436. The van der Waals surface area contributed by atoms with Gasteiger partial charge in [0, 0.05) is 27.5 Å². The van der Waals surface area contributed by atoms with E-state index in [0.717, 1.165) is 10.9 Å². The second kappa shape index (κ2) is 7.90. The molecule has 0 saturated carbocycles. The van der Waals surface area contributed by atoms with E-state index >= 15 is 0 Å². The van der Waals surface area contributed by atoms with Crippen LogP contribution in [-0.4, -0.2) is 5.78 Å². The molecule has 0 radical (unpaired) electrons. The zero-order valence-electron chi connectivity index (χ0n) is 15.4. The van der Waals surface area contributed by atoms with Gasteiger partial charge >= 0.3 is 0 Å². The van der Waals surface area contributed by atoms with Crippen LogP contribution >= 0.6 is 23.2 Å². The molecule has 4 rings (SSSR count). The normalized spacial score (nSPS) is 11.0. The van der Waals surface area contributed by atoms with Crippen molar-refractivity contribution in [2.24, 2.45) is 0 Å². The van der Waals surface area contributed by atoms with E-state index in [1.54, 1.807) is 37.3 Å². The number of rotatable bonds is 5. The molecule has 0 unspecified atom stereocenters. The van der Waals surface area contributed by atoms with Crippen molar-refractivity contribution in [2.75, 3.05) is 5.32 Å². The van der Waals surface area contributed by atoms with Crippen LogP contribution in [0.3, 0.4) is 0 Å². The average molecular weight is 428 g/mol. The van der Waals surface area contributed by atoms with E-state index in [1.807, 2.05) is 24.3 Å². The highest BCUT2D eigenvalue weighted by Gasteiger charge is 2.22. The quantitative estimate of drug-likeness (QED) is 0.347. The van der Waals surface area contributed by atoms with Crippen LogP contribution < -0.4 is 5.32 Å². The Morgan fingerprint density at radius 2 is 1.86 bits per heavy atom. The van der Waals surface area contributed by atoms with Crippen molar-refractivity contribution >= 4 is 45.6 Å². The van der Waals surface area contributed by atoms with Crippen LogP contribution in [0.15, 0.2) is 65.1 Å². The van der Waals surface area contributed by atoms with Gasteiger partial charge in [0.05, 0.1) is 5.69 Å². The number of ketones is 1. The van der Waals surface area contributed by atoms with Crippen molar-refractivity contribution in [2.45, 2.75) is 13.5 Å². The highest BCUT2D eigenvalue weighted by atomic mass is 35.5. The largest absolute Gasteiger partial charge is 0.450 e. The van der Waals surface area contributed by atoms with Gasteiger partial charge < -0.3 is 9.73 Å². The molecule has 0 aliphatic rings. The first-order valence-electron chi connectivity index (χ1n) is 8.94. The van der Waals surface area contributed by atoms with Crippen LogP contribution in [0.25, 0.3) is 11.0 Å². The Labute approximate surface area is 177 Å². The van der Waals surface area contributed by atoms with Gasteiger partial charge in [-0.2, -0.15) is 0 Å². The van der Waals surface area contributed by atoms with E-state index in [4.69, 9.17) is 27.6 Å². The molecule has 0 bridgehead atoms. The Balaban J connectivity index is 1.74. The van der Waals surface area contributed by atoms with Gasteiger partial charge in [0.15, 0.2) is 5.76 Å². The minimum Gasteiger partial charge on any atom is -0.450 e. The van der Waals surface area contributed by atoms with Crippen molar-refractivity contribution in [1.82, 2.24) is 0 Å². The van der Waals surface area contributed by atoms with Gasteiger partial charge in [0.25, 0.3) is 0 Å². The summed E-state index contributed by atoms with van der Waals surface area (Å²) in [5, 5.41) is 5.08. The Morgan fingerprint density at radius 3 is 2.62 bits per heavy atom. The maximum atomic E-state index is 14.0. The molecule has 4 aromatic rings. The van der Waals surface area contributed by atoms with Crippen molar-refractivity contribution in [3.05, 3.63) is 99.0 Å². The Hall–Kier alpha value is -2.82. The second-order valence-electron chi connectivity index (χ2n) is 6.68. The molecular formula is C23H16Cl2FNO2. The molecule has 1 N–H and O–H groups in total. The lowest BCUT2D eigenvalue weighted by Gasteiger charge is -2.09. The van der Waals surface area contributed by atoms with Gasteiger partial charge in [-0.05, 0) is 48.4 Å². The number of fused-ring (bicyclic) bond motifs is 1. The first kappa shape index (κ1) is 19.5. The lowest BCUT2D eigenvalue weighted by Crippen LogP contribution is -2.07. The van der Waals surface area contributed by atoms with Crippen molar-refractivity contribution in [3.8, 4) is 0 Å². The smallest absolute Gasteiger partial charge is 0.230 e. The summed E-state index contributed by atoms with van der Waals surface area (Å²) < 4.78 is 19.8. The number of anilines is 1. The molecule has 3 nitrogen and oxygen atoms in total. The van der Waals surface area contributed by atoms with E-state index in [0.29, 0.717) is 33.4 Å². The van der Waals surface area contributed by atoms with Gasteiger partial charge in [-0.1, -0.05) is 53.5 Å². The Bertz CT molecular complexity index is 1230. The van der Waals surface area contributed by atoms with E-state index < -0.39 is 11.6 Å². The third-order valence-electron chi connectivity index (χ3n) is 4.71. The maximum Gasteiger partial charge on any atom is 0.230 e. The molecule has 1 aromatic heterocycles. The van der Waals surface area contributed by atoms with Crippen LogP contribution in [0.1, 0.15) is 27.2 Å². The number of para-hydroxylation sites is 1. The molecular weight excluding hydrogens is 412 g/mol. The third-order valence-corrected chi connectivity index (χ3v) is 5.29. The summed E-state index contributed by atoms with van der Waals surface area (Å²) in [5.41, 5.74) is 2.62. The van der Waals surface area contributed by atoms with Crippen molar-refractivity contribution < 1.29 is 13.6 Å². The molecule has 3 aromatic carbocycles. The molecule has 0 amide bonds. The molecule has 146 valence electrons. The van der Waals surface area contributed by atoms with Crippen LogP contribution in [-0.2, 0) is 6.54 Å². The van der Waals surface area contributed by atoms with E-state index in [-0.39, 0.29) is 11.3 Å². The third kappa shape index (κ3) is 3.86. The zero-order chi connectivity index (χ0) is 20.5. The zero-order valence-corrected chi connectivity index (χ0v) is 16.9. The SMILES string of the molecule is Cc1ccc(C(=O)c2oc3ccccc3c2NCc2ccc(Cl)cc2Cl)cc1F. The summed E-state index contributed by atoms with van der Waals surface area (Å²) in [6, 6.07) is 16.9. The minimum absolute atomic E-state index is 0.125. The van der Waals surface area contributed by atoms with Crippen LogP contribution in [0.5, 0.6) is 0 Å². The molecule has 1 heterocycles. The first-order chi connectivity index (χ1) is 13.9. The molecule has 0 fully saturated rings. The van der Waals surface area contributed by atoms with E-state index in [9.17, 15) is 9.18 Å². The topological polar surface area (TPSA) is 42.2 Å². The summed E-state index contributed by atoms with van der Waals surface area (Å²) in [6.07, 6.45) is 0. The number of carbonyl (C=O) groups is 1. The second-order valence-corrected chi connectivity index (χ2v) is 7.53. The lowest BCUT2D eigenvalue weighted by atomic mass is 10.0. The Morgan fingerprint density at radius 1 is 1.07 bits per heavy atom. The van der Waals surface area contributed by atoms with Crippen molar-refractivity contribution in [3.63, 3.8) is 0 Å². The number of hydrogen-bond donors (Lipinski definition) is 1. The van der Waals surface area contributed by atoms with Gasteiger partial charge in [0.2, 0.25) is 5.78 Å².